The molecule has 0 fully saturated rings. The fourth-order valence-electron chi connectivity index (χ4n) is 2.83. The van der Waals surface area contributed by atoms with Crippen molar-refractivity contribution in [1.82, 2.24) is 9.36 Å². The van der Waals surface area contributed by atoms with Crippen LogP contribution in [0.1, 0.15) is 11.1 Å². The second-order valence-corrected chi connectivity index (χ2v) is 9.81. The van der Waals surface area contributed by atoms with E-state index in [2.05, 4.69) is 21.3 Å². The maximum atomic E-state index is 12.4. The van der Waals surface area contributed by atoms with E-state index >= 15 is 0 Å². The van der Waals surface area contributed by atoms with Crippen LogP contribution in [0.2, 0.25) is 0 Å². The summed E-state index contributed by atoms with van der Waals surface area (Å²) in [4.78, 5) is 16.1. The van der Waals surface area contributed by atoms with Gasteiger partial charge in [-0.05, 0) is 41.8 Å². The number of anilines is 1. The molecule has 3 rings (SSSR count). The van der Waals surface area contributed by atoms with Gasteiger partial charge >= 0.3 is 0 Å². The molecule has 2 aromatic carbocycles. The highest BCUT2D eigenvalue weighted by Crippen LogP contribution is 2.20. The minimum absolute atomic E-state index is 0.0188. The number of hydrogen-bond donors (Lipinski definition) is 1. The molecule has 0 aliphatic heterocycles. The van der Waals surface area contributed by atoms with E-state index in [0.717, 1.165) is 24.0 Å². The van der Waals surface area contributed by atoms with Crippen molar-refractivity contribution in [3.8, 4) is 17.6 Å². The van der Waals surface area contributed by atoms with E-state index in [1.165, 1.54) is 6.08 Å². The van der Waals surface area contributed by atoms with E-state index in [1.807, 2.05) is 36.4 Å². The molecule has 1 aromatic heterocycles. The Morgan fingerprint density at radius 3 is 2.54 bits per heavy atom. The predicted molar refractivity (Wildman–Crippen MR) is 133 cm³/mol. The van der Waals surface area contributed by atoms with Crippen LogP contribution in [-0.2, 0) is 21.1 Å². The third-order valence-corrected chi connectivity index (χ3v) is 6.05. The molecule has 0 aliphatic rings. The quantitative estimate of drug-likeness (QED) is 0.179. The monoisotopic (exact) mass is 510 g/mol. The number of para-hydroxylation sites is 1. The Hall–Kier alpha value is -4.01. The Kier molecular flexibility index (Phi) is 8.72. The van der Waals surface area contributed by atoms with Crippen LogP contribution in [0.5, 0.6) is 11.5 Å². The molecule has 0 bridgehead atoms. The molecule has 1 amide bonds. The van der Waals surface area contributed by atoms with Crippen LogP contribution in [0.3, 0.4) is 0 Å². The number of aromatic nitrogens is 2. The van der Waals surface area contributed by atoms with Crippen molar-refractivity contribution >= 4 is 38.5 Å². The number of amides is 1. The highest BCUT2D eigenvalue weighted by Gasteiger charge is 2.17. The number of ether oxygens (including phenoxy) is 2. The molecule has 0 unspecified atom stereocenters. The largest absolute Gasteiger partial charge is 0.490 e. The van der Waals surface area contributed by atoms with Crippen LogP contribution in [0.4, 0.5) is 5.13 Å². The van der Waals surface area contributed by atoms with E-state index in [0.29, 0.717) is 36.1 Å². The van der Waals surface area contributed by atoms with E-state index in [9.17, 15) is 18.5 Å². The van der Waals surface area contributed by atoms with Gasteiger partial charge in [-0.2, -0.15) is 14.6 Å². The number of nitriles is 1. The van der Waals surface area contributed by atoms with Gasteiger partial charge in [0.1, 0.15) is 36.4 Å². The van der Waals surface area contributed by atoms with E-state index < -0.39 is 15.7 Å². The van der Waals surface area contributed by atoms with Crippen molar-refractivity contribution in [1.29, 1.82) is 5.26 Å². The molecule has 3 aromatic rings. The SMILES string of the molecule is C=CCc1ccccc1OCCOc1ccc(/C=C(/C#N)C(=O)Nc2nc(S(C)(=O)=O)ns2)cc1. The predicted octanol–water partition coefficient (Wildman–Crippen LogP) is 3.67. The number of benzene rings is 2. The molecule has 0 saturated heterocycles. The Balaban J connectivity index is 1.54. The molecule has 0 radical (unpaired) electrons. The lowest BCUT2D eigenvalue weighted by molar-refractivity contribution is -0.112. The Labute approximate surface area is 207 Å². The lowest BCUT2D eigenvalue weighted by Gasteiger charge is -2.11. The summed E-state index contributed by atoms with van der Waals surface area (Å²) >= 11 is 0.712. The van der Waals surface area contributed by atoms with Gasteiger partial charge in [0.2, 0.25) is 15.0 Å². The highest BCUT2D eigenvalue weighted by atomic mass is 32.2. The smallest absolute Gasteiger partial charge is 0.268 e. The molecule has 1 heterocycles. The molecule has 9 nitrogen and oxygen atoms in total. The summed E-state index contributed by atoms with van der Waals surface area (Å²) in [6.07, 6.45) is 4.90. The Bertz CT molecular complexity index is 1370. The maximum Gasteiger partial charge on any atom is 0.268 e. The first-order chi connectivity index (χ1) is 16.8. The van der Waals surface area contributed by atoms with Crippen molar-refractivity contribution in [2.45, 2.75) is 11.6 Å². The van der Waals surface area contributed by atoms with Crippen LogP contribution in [0.15, 0.2) is 71.9 Å². The lowest BCUT2D eigenvalue weighted by Crippen LogP contribution is -2.13. The van der Waals surface area contributed by atoms with Crippen molar-refractivity contribution in [2.24, 2.45) is 0 Å². The van der Waals surface area contributed by atoms with E-state index in [4.69, 9.17) is 9.47 Å². The molecule has 0 spiro atoms. The van der Waals surface area contributed by atoms with Crippen LogP contribution in [0.25, 0.3) is 6.08 Å². The molecule has 0 saturated carbocycles. The highest BCUT2D eigenvalue weighted by molar-refractivity contribution is 7.90. The van der Waals surface area contributed by atoms with Gasteiger partial charge in [-0.25, -0.2) is 8.42 Å². The first-order valence-electron chi connectivity index (χ1n) is 10.3. The normalized spacial score (nSPS) is 11.4. The number of nitrogens with zero attached hydrogens (tertiary/aromatic N) is 3. The number of rotatable bonds is 11. The second-order valence-electron chi connectivity index (χ2n) is 7.14. The fraction of sp³-hybridized carbons (Fsp3) is 0.167. The number of hydrogen-bond acceptors (Lipinski definition) is 9. The van der Waals surface area contributed by atoms with Gasteiger partial charge in [0.15, 0.2) is 0 Å². The number of carbonyl (C=O) groups is 1. The zero-order valence-electron chi connectivity index (χ0n) is 18.8. The first-order valence-corrected chi connectivity index (χ1v) is 13.0. The third-order valence-electron chi connectivity index (χ3n) is 4.46. The van der Waals surface area contributed by atoms with Crippen LogP contribution < -0.4 is 14.8 Å². The second kappa shape index (κ2) is 11.9. The standard InChI is InChI=1S/C24H22N4O5S2/c1-3-6-18-7-4-5-8-21(18)33-14-13-32-20-11-9-17(10-12-20)15-19(16-25)22(29)26-23-27-24(28-34-23)35(2,30)31/h3-5,7-12,15H,1,6,13-14H2,2H3,(H,26,27,28,29)/b19-15-. The minimum atomic E-state index is -3.59. The average molecular weight is 511 g/mol. The van der Waals surface area contributed by atoms with Gasteiger partial charge in [0, 0.05) is 17.8 Å². The zero-order valence-corrected chi connectivity index (χ0v) is 20.4. The van der Waals surface area contributed by atoms with Gasteiger partial charge in [-0.3, -0.25) is 10.1 Å². The molecule has 0 aliphatic carbocycles. The molecule has 1 N–H and O–H groups in total. The number of allylic oxidation sites excluding steroid dienone is 1. The van der Waals surface area contributed by atoms with E-state index in [1.54, 1.807) is 24.3 Å². The van der Waals surface area contributed by atoms with Crippen LogP contribution in [-0.4, -0.2) is 43.2 Å². The fourth-order valence-corrected chi connectivity index (χ4v) is 4.27. The average Bonchev–Trinajstić information content (AvgIpc) is 3.31. The van der Waals surface area contributed by atoms with E-state index in [-0.39, 0.29) is 15.9 Å². The summed E-state index contributed by atoms with van der Waals surface area (Å²) < 4.78 is 38.1. The molecular weight excluding hydrogens is 488 g/mol. The zero-order chi connectivity index (χ0) is 25.3. The maximum absolute atomic E-state index is 12.4. The van der Waals surface area contributed by atoms with Crippen molar-refractivity contribution < 1.29 is 22.7 Å². The van der Waals surface area contributed by atoms with Gasteiger partial charge in [0.25, 0.3) is 11.1 Å². The molecular formula is C24H22N4O5S2. The van der Waals surface area contributed by atoms with Gasteiger partial charge in [-0.15, -0.1) is 6.58 Å². The van der Waals surface area contributed by atoms with Crippen molar-refractivity contribution in [3.05, 3.63) is 77.9 Å². The molecule has 35 heavy (non-hydrogen) atoms. The Morgan fingerprint density at radius 1 is 1.17 bits per heavy atom. The van der Waals surface area contributed by atoms with Crippen molar-refractivity contribution in [2.75, 3.05) is 24.8 Å². The molecule has 11 heteroatoms. The lowest BCUT2D eigenvalue weighted by atomic mass is 10.1. The number of nitrogens with one attached hydrogen (secondary N) is 1. The number of sulfone groups is 1. The third kappa shape index (κ3) is 7.49. The number of carbonyl (C=O) groups excluding carboxylic acids is 1. The Morgan fingerprint density at radius 2 is 1.89 bits per heavy atom. The summed E-state index contributed by atoms with van der Waals surface area (Å²) in [7, 11) is -3.59. The topological polar surface area (TPSA) is 131 Å². The van der Waals surface area contributed by atoms with Gasteiger partial charge in [0.05, 0.1) is 0 Å². The van der Waals surface area contributed by atoms with Crippen molar-refractivity contribution in [3.63, 3.8) is 0 Å². The first kappa shape index (κ1) is 25.6. The summed E-state index contributed by atoms with van der Waals surface area (Å²) in [5.74, 6) is 0.674. The minimum Gasteiger partial charge on any atom is -0.490 e. The molecule has 0 atom stereocenters. The van der Waals surface area contributed by atoms with Crippen LogP contribution in [0, 0.1) is 11.3 Å². The summed E-state index contributed by atoms with van der Waals surface area (Å²) in [5, 5.41) is 11.3. The van der Waals surface area contributed by atoms with Gasteiger partial charge in [-0.1, -0.05) is 36.4 Å². The summed E-state index contributed by atoms with van der Waals surface area (Å²) in [6, 6.07) is 16.4. The van der Waals surface area contributed by atoms with Gasteiger partial charge < -0.3 is 9.47 Å². The molecule has 180 valence electrons. The summed E-state index contributed by atoms with van der Waals surface area (Å²) in [5.41, 5.74) is 1.48. The summed E-state index contributed by atoms with van der Waals surface area (Å²) in [6.45, 7) is 4.45. The van der Waals surface area contributed by atoms with Crippen LogP contribution >= 0.6 is 11.5 Å².